The molecule has 3 aromatic carbocycles. The van der Waals surface area contributed by atoms with E-state index in [0.717, 1.165) is 12.1 Å². The van der Waals surface area contributed by atoms with Crippen molar-refractivity contribution in [3.8, 4) is 11.1 Å². The van der Waals surface area contributed by atoms with Crippen LogP contribution in [0.3, 0.4) is 0 Å². The predicted octanol–water partition coefficient (Wildman–Crippen LogP) is 6.02. The van der Waals surface area contributed by atoms with Crippen molar-refractivity contribution in [3.05, 3.63) is 88.4 Å². The molecule has 0 aliphatic heterocycles. The van der Waals surface area contributed by atoms with E-state index in [1.807, 2.05) is 0 Å². The maximum Gasteiger partial charge on any atom is 0.416 e. The Morgan fingerprint density at radius 3 is 2.23 bits per heavy atom. The van der Waals surface area contributed by atoms with Crippen LogP contribution in [-0.2, 0) is 6.18 Å². The maximum atomic E-state index is 12.9. The van der Waals surface area contributed by atoms with Crippen LogP contribution in [-0.4, -0.2) is 5.71 Å². The Hall–Kier alpha value is -2.79. The Bertz CT molecular complexity index is 981. The fourth-order valence-corrected chi connectivity index (χ4v) is 2.80. The lowest BCUT2D eigenvalue weighted by Crippen LogP contribution is -2.06. The molecule has 0 radical (unpaired) electrons. The van der Waals surface area contributed by atoms with Gasteiger partial charge >= 0.3 is 6.18 Å². The molecule has 0 saturated carbocycles. The van der Waals surface area contributed by atoms with Gasteiger partial charge in [0.1, 0.15) is 0 Å². The first kappa shape index (κ1) is 18.0. The molecule has 0 unspecified atom stereocenters. The van der Waals surface area contributed by atoms with Crippen molar-refractivity contribution in [2.24, 2.45) is 0 Å². The number of alkyl halides is 3. The number of hydrogen-bond acceptors (Lipinski definition) is 2. The van der Waals surface area contributed by atoms with Gasteiger partial charge in [-0.05, 0) is 47.5 Å². The van der Waals surface area contributed by atoms with E-state index < -0.39 is 11.7 Å². The first-order valence-corrected chi connectivity index (χ1v) is 8.05. The third-order valence-corrected chi connectivity index (χ3v) is 4.19. The summed E-state index contributed by atoms with van der Waals surface area (Å²) in [4.78, 5) is 0. The lowest BCUT2D eigenvalue weighted by atomic mass is 9.96. The zero-order valence-corrected chi connectivity index (χ0v) is 14.2. The highest BCUT2D eigenvalue weighted by Crippen LogP contribution is 2.32. The second-order valence-electron chi connectivity index (χ2n) is 5.77. The summed E-state index contributed by atoms with van der Waals surface area (Å²) >= 11 is 5.98. The maximum absolute atomic E-state index is 12.9. The fraction of sp³-hybridized carbons (Fsp3) is 0.0500. The van der Waals surface area contributed by atoms with Crippen LogP contribution in [0.4, 0.5) is 18.9 Å². The molecule has 6 heteroatoms. The Labute approximate surface area is 153 Å². The highest BCUT2D eigenvalue weighted by molar-refractivity contribution is 6.31. The minimum Gasteiger partial charge on any atom is -0.398 e. The van der Waals surface area contributed by atoms with Gasteiger partial charge in [-0.2, -0.15) is 13.2 Å². The number of nitrogens with two attached hydrogens (primary N) is 1. The van der Waals surface area contributed by atoms with E-state index in [1.54, 1.807) is 48.5 Å². The molecule has 3 N–H and O–H groups in total. The van der Waals surface area contributed by atoms with E-state index >= 15 is 0 Å². The minimum atomic E-state index is -4.41. The summed E-state index contributed by atoms with van der Waals surface area (Å²) in [6, 6.07) is 16.7. The van der Waals surface area contributed by atoms with Crippen LogP contribution < -0.4 is 5.73 Å². The van der Waals surface area contributed by atoms with Crippen molar-refractivity contribution in [2.75, 3.05) is 5.73 Å². The molecule has 26 heavy (non-hydrogen) atoms. The van der Waals surface area contributed by atoms with E-state index in [2.05, 4.69) is 0 Å². The number of halogens is 4. The Morgan fingerprint density at radius 2 is 1.54 bits per heavy atom. The Morgan fingerprint density at radius 1 is 0.885 bits per heavy atom. The van der Waals surface area contributed by atoms with Crippen LogP contribution >= 0.6 is 11.6 Å². The lowest BCUT2D eigenvalue weighted by Gasteiger charge is -2.12. The molecular weight excluding hydrogens is 361 g/mol. The van der Waals surface area contributed by atoms with Gasteiger partial charge in [0.15, 0.2) is 0 Å². The first-order chi connectivity index (χ1) is 12.3. The monoisotopic (exact) mass is 374 g/mol. The Balaban J connectivity index is 2.01. The number of hydrogen-bond donors (Lipinski definition) is 2. The molecule has 3 aromatic rings. The first-order valence-electron chi connectivity index (χ1n) is 7.68. The second-order valence-corrected chi connectivity index (χ2v) is 6.20. The van der Waals surface area contributed by atoms with Gasteiger partial charge in [-0.1, -0.05) is 41.9 Å². The number of benzene rings is 3. The molecule has 0 atom stereocenters. The lowest BCUT2D eigenvalue weighted by molar-refractivity contribution is -0.137. The average Bonchev–Trinajstić information content (AvgIpc) is 2.63. The van der Waals surface area contributed by atoms with Crippen LogP contribution in [0.2, 0.25) is 5.02 Å². The topological polar surface area (TPSA) is 49.9 Å². The van der Waals surface area contributed by atoms with Crippen LogP contribution in [0, 0.1) is 5.41 Å². The molecule has 0 aliphatic carbocycles. The molecule has 0 amide bonds. The summed E-state index contributed by atoms with van der Waals surface area (Å²) in [6.07, 6.45) is -4.41. The minimum absolute atomic E-state index is 0.152. The van der Waals surface area contributed by atoms with Crippen LogP contribution in [0.25, 0.3) is 11.1 Å². The number of rotatable bonds is 3. The number of nitrogens with one attached hydrogen (secondary N) is 1. The van der Waals surface area contributed by atoms with E-state index in [1.165, 1.54) is 6.07 Å². The molecule has 0 aliphatic rings. The highest BCUT2D eigenvalue weighted by atomic mass is 35.5. The van der Waals surface area contributed by atoms with Gasteiger partial charge in [0.25, 0.3) is 0 Å². The Kier molecular flexibility index (Phi) is 4.74. The van der Waals surface area contributed by atoms with Gasteiger partial charge in [0, 0.05) is 21.8 Å². The zero-order chi connectivity index (χ0) is 18.9. The van der Waals surface area contributed by atoms with Crippen molar-refractivity contribution in [3.63, 3.8) is 0 Å². The van der Waals surface area contributed by atoms with Crippen LogP contribution in [0.1, 0.15) is 16.7 Å². The van der Waals surface area contributed by atoms with E-state index in [0.29, 0.717) is 33.0 Å². The largest absolute Gasteiger partial charge is 0.416 e. The molecule has 3 rings (SSSR count). The molecule has 0 fully saturated rings. The van der Waals surface area contributed by atoms with Gasteiger partial charge in [-0.15, -0.1) is 0 Å². The number of anilines is 1. The summed E-state index contributed by atoms with van der Waals surface area (Å²) in [5.41, 5.74) is 7.78. The molecule has 132 valence electrons. The van der Waals surface area contributed by atoms with Gasteiger partial charge < -0.3 is 5.73 Å². The van der Waals surface area contributed by atoms with E-state index in [9.17, 15) is 13.2 Å². The molecule has 0 aromatic heterocycles. The molecule has 0 saturated heterocycles. The van der Waals surface area contributed by atoms with Crippen molar-refractivity contribution in [1.29, 1.82) is 5.41 Å². The fourth-order valence-electron chi connectivity index (χ4n) is 2.63. The predicted molar refractivity (Wildman–Crippen MR) is 98.7 cm³/mol. The van der Waals surface area contributed by atoms with Crippen molar-refractivity contribution in [2.45, 2.75) is 6.18 Å². The molecule has 2 nitrogen and oxygen atoms in total. The SMILES string of the molecule is N=C(c1cccc(-c2cccc(C(F)(F)F)c2)c1)c1cc(Cl)ccc1N. The van der Waals surface area contributed by atoms with E-state index in [4.69, 9.17) is 22.7 Å². The van der Waals surface area contributed by atoms with Gasteiger partial charge in [-0.25, -0.2) is 0 Å². The highest BCUT2D eigenvalue weighted by Gasteiger charge is 2.30. The van der Waals surface area contributed by atoms with Crippen LogP contribution in [0.5, 0.6) is 0 Å². The summed E-state index contributed by atoms with van der Waals surface area (Å²) in [5.74, 6) is 0. The van der Waals surface area contributed by atoms with Gasteiger partial charge in [0.05, 0.1) is 11.3 Å². The van der Waals surface area contributed by atoms with Crippen LogP contribution in [0.15, 0.2) is 66.7 Å². The third-order valence-electron chi connectivity index (χ3n) is 3.96. The van der Waals surface area contributed by atoms with Crippen molar-refractivity contribution < 1.29 is 13.2 Å². The molecule has 0 heterocycles. The quantitative estimate of drug-likeness (QED) is 0.427. The zero-order valence-electron chi connectivity index (χ0n) is 13.4. The van der Waals surface area contributed by atoms with E-state index in [-0.39, 0.29) is 5.71 Å². The summed E-state index contributed by atoms with van der Waals surface area (Å²) < 4.78 is 38.8. The number of nitrogen functional groups attached to an aromatic ring is 1. The molecule has 0 spiro atoms. The smallest absolute Gasteiger partial charge is 0.398 e. The molecular formula is C20H14ClF3N2. The normalized spacial score (nSPS) is 11.4. The van der Waals surface area contributed by atoms with Crippen molar-refractivity contribution >= 4 is 23.0 Å². The summed E-state index contributed by atoms with van der Waals surface area (Å²) in [7, 11) is 0. The summed E-state index contributed by atoms with van der Waals surface area (Å²) in [6.45, 7) is 0. The second kappa shape index (κ2) is 6.84. The standard InChI is InChI=1S/C20H14ClF3N2/c21-16-7-8-18(25)17(11-16)19(26)14-5-1-3-12(9-14)13-4-2-6-15(10-13)20(22,23)24/h1-11,26H,25H2. The van der Waals surface area contributed by atoms with Gasteiger partial charge in [0.2, 0.25) is 0 Å². The van der Waals surface area contributed by atoms with Gasteiger partial charge in [-0.3, -0.25) is 5.41 Å². The third kappa shape index (κ3) is 3.73. The summed E-state index contributed by atoms with van der Waals surface area (Å²) in [5, 5.41) is 8.84. The van der Waals surface area contributed by atoms with Crippen molar-refractivity contribution in [1.82, 2.24) is 0 Å². The molecule has 0 bridgehead atoms. The average molecular weight is 375 g/mol.